The lowest BCUT2D eigenvalue weighted by Gasteiger charge is -2.28. The van der Waals surface area contributed by atoms with Crippen molar-refractivity contribution in [1.29, 1.82) is 0 Å². The Balaban J connectivity index is 1.85. The van der Waals surface area contributed by atoms with Crippen LogP contribution in [0.2, 0.25) is 0 Å². The third-order valence-electron chi connectivity index (χ3n) is 3.55. The fraction of sp³-hybridized carbons (Fsp3) is 0.375. The summed E-state index contributed by atoms with van der Waals surface area (Å²) in [4.78, 5) is 11.4. The molecule has 0 bridgehead atoms. The molecule has 0 saturated carbocycles. The van der Waals surface area contributed by atoms with Crippen LogP contribution in [0, 0.1) is 13.8 Å². The van der Waals surface area contributed by atoms with Crippen LogP contribution < -0.4 is 10.2 Å². The van der Waals surface area contributed by atoms with E-state index in [1.165, 1.54) is 5.56 Å². The van der Waals surface area contributed by atoms with E-state index in [4.69, 9.17) is 4.74 Å². The van der Waals surface area contributed by atoms with Crippen LogP contribution in [0.5, 0.6) is 0 Å². The van der Waals surface area contributed by atoms with E-state index in [0.29, 0.717) is 5.95 Å². The first-order valence-corrected chi connectivity index (χ1v) is 8.13. The summed E-state index contributed by atoms with van der Waals surface area (Å²) >= 11 is 3.57. The van der Waals surface area contributed by atoms with E-state index in [0.717, 1.165) is 48.0 Å². The Hall–Kier alpha value is -1.66. The van der Waals surface area contributed by atoms with E-state index < -0.39 is 0 Å². The summed E-state index contributed by atoms with van der Waals surface area (Å²) in [7, 11) is 0. The average molecular weight is 363 g/mol. The van der Waals surface area contributed by atoms with Crippen molar-refractivity contribution in [1.82, 2.24) is 9.97 Å². The molecule has 1 aliphatic heterocycles. The molecule has 1 aromatic carbocycles. The van der Waals surface area contributed by atoms with Gasteiger partial charge in [0, 0.05) is 29.3 Å². The molecule has 2 heterocycles. The van der Waals surface area contributed by atoms with Gasteiger partial charge in [-0.1, -0.05) is 6.07 Å². The maximum Gasteiger partial charge on any atom is 0.229 e. The molecule has 22 heavy (non-hydrogen) atoms. The van der Waals surface area contributed by atoms with Crippen molar-refractivity contribution in [2.24, 2.45) is 0 Å². The lowest BCUT2D eigenvalue weighted by Crippen LogP contribution is -2.36. The van der Waals surface area contributed by atoms with Gasteiger partial charge in [0.05, 0.1) is 18.9 Å². The number of morpholine rings is 1. The van der Waals surface area contributed by atoms with Crippen molar-refractivity contribution in [2.45, 2.75) is 13.8 Å². The summed E-state index contributed by atoms with van der Waals surface area (Å²) in [5.41, 5.74) is 3.11. The predicted molar refractivity (Wildman–Crippen MR) is 92.0 cm³/mol. The normalized spacial score (nSPS) is 15.0. The lowest BCUT2D eigenvalue weighted by molar-refractivity contribution is 0.122. The van der Waals surface area contributed by atoms with Crippen LogP contribution in [0.15, 0.2) is 28.7 Å². The van der Waals surface area contributed by atoms with Crippen LogP contribution in [0.3, 0.4) is 0 Å². The largest absolute Gasteiger partial charge is 0.378 e. The van der Waals surface area contributed by atoms with Gasteiger partial charge in [-0.3, -0.25) is 0 Å². The van der Waals surface area contributed by atoms with Crippen LogP contribution in [-0.4, -0.2) is 36.3 Å². The van der Waals surface area contributed by atoms with Crippen molar-refractivity contribution in [2.75, 3.05) is 36.5 Å². The summed E-state index contributed by atoms with van der Waals surface area (Å²) in [5.74, 6) is 1.56. The Bertz CT molecular complexity index is 671. The van der Waals surface area contributed by atoms with Crippen LogP contribution in [0.25, 0.3) is 0 Å². The maximum atomic E-state index is 5.40. The summed E-state index contributed by atoms with van der Waals surface area (Å²) in [6.45, 7) is 7.27. The van der Waals surface area contributed by atoms with E-state index in [1.54, 1.807) is 0 Å². The number of aryl methyl sites for hydroxylation is 2. The second kappa shape index (κ2) is 6.62. The van der Waals surface area contributed by atoms with Gasteiger partial charge >= 0.3 is 0 Å². The second-order valence-electron chi connectivity index (χ2n) is 5.40. The van der Waals surface area contributed by atoms with E-state index in [2.05, 4.69) is 55.2 Å². The number of nitrogens with zero attached hydrogens (tertiary/aromatic N) is 3. The van der Waals surface area contributed by atoms with Crippen LogP contribution >= 0.6 is 15.9 Å². The standard InChI is InChI=1S/C16H19BrN4O/c1-11-3-4-14(13(17)9-11)19-16-18-12(2)10-15(20-16)21-5-7-22-8-6-21/h3-4,9-10H,5-8H2,1-2H3,(H,18,19,20). The fourth-order valence-electron chi connectivity index (χ4n) is 2.40. The Morgan fingerprint density at radius 1 is 1.14 bits per heavy atom. The highest BCUT2D eigenvalue weighted by Crippen LogP contribution is 2.26. The van der Waals surface area contributed by atoms with E-state index in [1.807, 2.05) is 19.1 Å². The number of aromatic nitrogens is 2. The first kappa shape index (κ1) is 15.2. The molecule has 2 aromatic rings. The Labute approximate surface area is 138 Å². The first-order valence-electron chi connectivity index (χ1n) is 7.33. The van der Waals surface area contributed by atoms with E-state index in [9.17, 15) is 0 Å². The molecule has 1 saturated heterocycles. The molecule has 3 rings (SSSR count). The minimum atomic E-state index is 0.617. The van der Waals surface area contributed by atoms with Gasteiger partial charge in [0.2, 0.25) is 5.95 Å². The van der Waals surface area contributed by atoms with Gasteiger partial charge in [-0.2, -0.15) is 4.98 Å². The van der Waals surface area contributed by atoms with Gasteiger partial charge in [-0.05, 0) is 47.5 Å². The first-order chi connectivity index (χ1) is 10.6. The zero-order valence-electron chi connectivity index (χ0n) is 12.8. The minimum absolute atomic E-state index is 0.617. The molecule has 0 spiro atoms. The number of benzene rings is 1. The summed E-state index contributed by atoms with van der Waals surface area (Å²) in [6, 6.07) is 8.17. The van der Waals surface area contributed by atoms with Crippen molar-refractivity contribution in [3.05, 3.63) is 40.0 Å². The molecule has 1 N–H and O–H groups in total. The third-order valence-corrected chi connectivity index (χ3v) is 4.20. The Kier molecular flexibility index (Phi) is 4.59. The molecule has 1 aromatic heterocycles. The van der Waals surface area contributed by atoms with E-state index >= 15 is 0 Å². The molecule has 0 amide bonds. The third kappa shape index (κ3) is 3.56. The topological polar surface area (TPSA) is 50.3 Å². The number of nitrogens with one attached hydrogen (secondary N) is 1. The number of rotatable bonds is 3. The van der Waals surface area contributed by atoms with Crippen LogP contribution in [0.4, 0.5) is 17.5 Å². The van der Waals surface area contributed by atoms with Gasteiger partial charge in [0.1, 0.15) is 5.82 Å². The van der Waals surface area contributed by atoms with E-state index in [-0.39, 0.29) is 0 Å². The molecule has 6 heteroatoms. The monoisotopic (exact) mass is 362 g/mol. The zero-order valence-corrected chi connectivity index (χ0v) is 14.4. The molecular formula is C16H19BrN4O. The molecule has 1 fully saturated rings. The number of ether oxygens (including phenoxy) is 1. The van der Waals surface area contributed by atoms with Gasteiger partial charge < -0.3 is 15.0 Å². The molecule has 0 radical (unpaired) electrons. The number of hydrogen-bond donors (Lipinski definition) is 1. The number of anilines is 3. The van der Waals surface area contributed by atoms with Crippen LogP contribution in [-0.2, 0) is 4.74 Å². The molecule has 0 aliphatic carbocycles. The Morgan fingerprint density at radius 2 is 1.91 bits per heavy atom. The van der Waals surface area contributed by atoms with Gasteiger partial charge in [-0.15, -0.1) is 0 Å². The van der Waals surface area contributed by atoms with Crippen molar-refractivity contribution in [3.63, 3.8) is 0 Å². The summed E-state index contributed by atoms with van der Waals surface area (Å²) in [6.07, 6.45) is 0. The summed E-state index contributed by atoms with van der Waals surface area (Å²) in [5, 5.41) is 3.29. The highest BCUT2D eigenvalue weighted by Gasteiger charge is 2.14. The molecule has 5 nitrogen and oxygen atoms in total. The molecule has 0 atom stereocenters. The number of halogens is 1. The molecule has 1 aliphatic rings. The highest BCUT2D eigenvalue weighted by atomic mass is 79.9. The van der Waals surface area contributed by atoms with Crippen molar-refractivity contribution < 1.29 is 4.74 Å². The predicted octanol–water partition coefficient (Wildman–Crippen LogP) is 3.44. The lowest BCUT2D eigenvalue weighted by atomic mass is 10.2. The average Bonchev–Trinajstić information content (AvgIpc) is 2.50. The van der Waals surface area contributed by atoms with Crippen molar-refractivity contribution in [3.8, 4) is 0 Å². The SMILES string of the molecule is Cc1ccc(Nc2nc(C)cc(N3CCOCC3)n2)c(Br)c1. The molecule has 0 unspecified atom stereocenters. The quantitative estimate of drug-likeness (QED) is 0.906. The second-order valence-corrected chi connectivity index (χ2v) is 6.25. The van der Waals surface area contributed by atoms with Crippen molar-refractivity contribution >= 4 is 33.4 Å². The Morgan fingerprint density at radius 3 is 2.64 bits per heavy atom. The highest BCUT2D eigenvalue weighted by molar-refractivity contribution is 9.10. The van der Waals surface area contributed by atoms with Crippen LogP contribution in [0.1, 0.15) is 11.3 Å². The number of hydrogen-bond acceptors (Lipinski definition) is 5. The van der Waals surface area contributed by atoms with Gasteiger partial charge in [0.15, 0.2) is 0 Å². The smallest absolute Gasteiger partial charge is 0.229 e. The van der Waals surface area contributed by atoms with Gasteiger partial charge in [-0.25, -0.2) is 4.98 Å². The summed E-state index contributed by atoms with van der Waals surface area (Å²) < 4.78 is 6.40. The zero-order chi connectivity index (χ0) is 15.5. The molecule has 116 valence electrons. The maximum absolute atomic E-state index is 5.40. The molecular weight excluding hydrogens is 344 g/mol. The van der Waals surface area contributed by atoms with Gasteiger partial charge in [0.25, 0.3) is 0 Å². The minimum Gasteiger partial charge on any atom is -0.378 e. The fourth-order valence-corrected chi connectivity index (χ4v) is 3.00.